The van der Waals surface area contributed by atoms with Gasteiger partial charge in [0.15, 0.2) is 11.6 Å². The van der Waals surface area contributed by atoms with Gasteiger partial charge in [0, 0.05) is 6.04 Å². The molecule has 0 radical (unpaired) electrons. The molecule has 0 fully saturated rings. The molecule has 21 heavy (non-hydrogen) atoms. The van der Waals surface area contributed by atoms with Crippen LogP contribution in [0.2, 0.25) is 0 Å². The zero-order valence-corrected chi connectivity index (χ0v) is 13.8. The van der Waals surface area contributed by atoms with E-state index in [-0.39, 0.29) is 5.82 Å². The molecule has 1 N–H and O–H groups in total. The van der Waals surface area contributed by atoms with Crippen LogP contribution >= 0.6 is 0 Å². The van der Waals surface area contributed by atoms with Crippen molar-refractivity contribution in [3.05, 3.63) is 29.6 Å². The highest BCUT2D eigenvalue weighted by Crippen LogP contribution is 2.22. The standard InChI is InChI=1S/C18H30FNO/c1-4-6-7-8-9-12-16(20-5-2)14-15-11-10-13-17(21-3)18(15)19/h10-11,13,16,20H,4-9,12,14H2,1-3H3. The van der Waals surface area contributed by atoms with Crippen LogP contribution in [0.4, 0.5) is 4.39 Å². The second-order valence-corrected chi connectivity index (χ2v) is 5.59. The smallest absolute Gasteiger partial charge is 0.168 e. The molecule has 0 saturated carbocycles. The summed E-state index contributed by atoms with van der Waals surface area (Å²) in [4.78, 5) is 0. The molecule has 2 nitrogen and oxygen atoms in total. The van der Waals surface area contributed by atoms with Gasteiger partial charge in [-0.3, -0.25) is 0 Å². The summed E-state index contributed by atoms with van der Waals surface area (Å²) in [6.07, 6.45) is 8.21. The zero-order chi connectivity index (χ0) is 15.5. The number of methoxy groups -OCH3 is 1. The molecule has 0 spiro atoms. The van der Waals surface area contributed by atoms with Crippen LogP contribution in [0.1, 0.15) is 57.9 Å². The van der Waals surface area contributed by atoms with Gasteiger partial charge in [0.1, 0.15) is 0 Å². The highest BCUT2D eigenvalue weighted by molar-refractivity contribution is 5.31. The van der Waals surface area contributed by atoms with Crippen molar-refractivity contribution in [2.45, 2.75) is 64.8 Å². The Balaban J connectivity index is 2.53. The second-order valence-electron chi connectivity index (χ2n) is 5.59. The van der Waals surface area contributed by atoms with Crippen molar-refractivity contribution < 1.29 is 9.13 Å². The maximum Gasteiger partial charge on any atom is 0.168 e. The lowest BCUT2D eigenvalue weighted by Gasteiger charge is -2.19. The Morgan fingerprint density at radius 2 is 1.90 bits per heavy atom. The summed E-state index contributed by atoms with van der Waals surface area (Å²) in [6, 6.07) is 5.74. The molecule has 3 heteroatoms. The minimum absolute atomic E-state index is 0.214. The Bertz CT molecular complexity index is 395. The number of nitrogens with one attached hydrogen (secondary N) is 1. The van der Waals surface area contributed by atoms with Gasteiger partial charge in [-0.2, -0.15) is 0 Å². The molecule has 0 amide bonds. The van der Waals surface area contributed by atoms with Crippen LogP contribution in [-0.2, 0) is 6.42 Å². The van der Waals surface area contributed by atoms with Crippen LogP contribution < -0.4 is 10.1 Å². The third-order valence-electron chi connectivity index (χ3n) is 3.88. The summed E-state index contributed by atoms with van der Waals surface area (Å²) < 4.78 is 19.3. The molecule has 1 aromatic carbocycles. The van der Waals surface area contributed by atoms with Crippen molar-refractivity contribution in [3.63, 3.8) is 0 Å². The van der Waals surface area contributed by atoms with E-state index < -0.39 is 0 Å². The first-order chi connectivity index (χ1) is 10.2. The lowest BCUT2D eigenvalue weighted by molar-refractivity contribution is 0.381. The average Bonchev–Trinajstić information content (AvgIpc) is 2.49. The molecule has 0 bridgehead atoms. The predicted octanol–water partition coefficient (Wildman–Crippen LogP) is 4.72. The number of benzene rings is 1. The van der Waals surface area contributed by atoms with Crippen LogP contribution in [0.5, 0.6) is 5.75 Å². The number of likely N-dealkylation sites (N-methyl/N-ethyl adjacent to an activating group) is 1. The van der Waals surface area contributed by atoms with Gasteiger partial charge in [-0.15, -0.1) is 0 Å². The summed E-state index contributed by atoms with van der Waals surface area (Å²) in [6.45, 7) is 5.25. The predicted molar refractivity (Wildman–Crippen MR) is 87.5 cm³/mol. The van der Waals surface area contributed by atoms with E-state index in [2.05, 4.69) is 19.2 Å². The minimum Gasteiger partial charge on any atom is -0.494 e. The highest BCUT2D eigenvalue weighted by Gasteiger charge is 2.14. The van der Waals surface area contributed by atoms with Crippen molar-refractivity contribution in [3.8, 4) is 5.75 Å². The van der Waals surface area contributed by atoms with E-state index in [0.717, 1.165) is 24.9 Å². The Morgan fingerprint density at radius 3 is 2.57 bits per heavy atom. The molecule has 0 aliphatic carbocycles. The highest BCUT2D eigenvalue weighted by atomic mass is 19.1. The van der Waals surface area contributed by atoms with Gasteiger partial charge in [0.25, 0.3) is 0 Å². The summed E-state index contributed by atoms with van der Waals surface area (Å²) in [5.41, 5.74) is 0.744. The van der Waals surface area contributed by atoms with Crippen molar-refractivity contribution in [2.75, 3.05) is 13.7 Å². The van der Waals surface area contributed by atoms with Crippen molar-refractivity contribution in [1.82, 2.24) is 5.32 Å². The lowest BCUT2D eigenvalue weighted by atomic mass is 9.99. The van der Waals surface area contributed by atoms with E-state index in [1.807, 2.05) is 12.1 Å². The number of hydrogen-bond donors (Lipinski definition) is 1. The fourth-order valence-corrected chi connectivity index (χ4v) is 2.70. The maximum absolute atomic E-state index is 14.2. The summed E-state index contributed by atoms with van der Waals surface area (Å²) in [5.74, 6) is 0.125. The molecule has 120 valence electrons. The van der Waals surface area contributed by atoms with Crippen molar-refractivity contribution in [1.29, 1.82) is 0 Å². The molecule has 1 aromatic rings. The molecule has 0 aliphatic rings. The van der Waals surface area contributed by atoms with E-state index in [0.29, 0.717) is 11.8 Å². The minimum atomic E-state index is -0.214. The van der Waals surface area contributed by atoms with Crippen molar-refractivity contribution >= 4 is 0 Å². The van der Waals surface area contributed by atoms with Gasteiger partial charge in [0.05, 0.1) is 7.11 Å². The normalized spacial score (nSPS) is 12.4. The summed E-state index contributed by atoms with van der Waals surface area (Å²) >= 11 is 0. The van der Waals surface area contributed by atoms with E-state index in [1.165, 1.54) is 39.2 Å². The van der Waals surface area contributed by atoms with Gasteiger partial charge >= 0.3 is 0 Å². The number of halogens is 1. The molecule has 0 saturated heterocycles. The SMILES string of the molecule is CCCCCCCC(Cc1cccc(OC)c1F)NCC. The summed E-state index contributed by atoms with van der Waals surface area (Å²) in [7, 11) is 1.51. The number of ether oxygens (including phenoxy) is 1. The zero-order valence-electron chi connectivity index (χ0n) is 13.8. The van der Waals surface area contributed by atoms with E-state index in [4.69, 9.17) is 4.74 Å². The number of rotatable bonds is 11. The van der Waals surface area contributed by atoms with Gasteiger partial charge < -0.3 is 10.1 Å². The van der Waals surface area contributed by atoms with Gasteiger partial charge in [0.2, 0.25) is 0 Å². The Kier molecular flexibility index (Phi) is 9.07. The van der Waals surface area contributed by atoms with Crippen LogP contribution in [0.15, 0.2) is 18.2 Å². The molecule has 0 aromatic heterocycles. The third kappa shape index (κ3) is 6.47. The lowest BCUT2D eigenvalue weighted by Crippen LogP contribution is -2.31. The maximum atomic E-state index is 14.2. The average molecular weight is 295 g/mol. The Labute approximate surface area is 129 Å². The third-order valence-corrected chi connectivity index (χ3v) is 3.88. The molecular formula is C18H30FNO. The fraction of sp³-hybridized carbons (Fsp3) is 0.667. The molecule has 0 heterocycles. The molecule has 1 unspecified atom stereocenters. The molecule has 1 rings (SSSR count). The summed E-state index contributed by atoms with van der Waals surface area (Å²) in [5, 5.41) is 3.48. The van der Waals surface area contributed by atoms with Gasteiger partial charge in [-0.05, 0) is 31.0 Å². The largest absolute Gasteiger partial charge is 0.494 e. The van der Waals surface area contributed by atoms with Crippen LogP contribution in [0.3, 0.4) is 0 Å². The monoisotopic (exact) mass is 295 g/mol. The number of hydrogen-bond acceptors (Lipinski definition) is 2. The van der Waals surface area contributed by atoms with Gasteiger partial charge in [-0.25, -0.2) is 4.39 Å². The van der Waals surface area contributed by atoms with Crippen LogP contribution in [-0.4, -0.2) is 19.7 Å². The first-order valence-corrected chi connectivity index (χ1v) is 8.27. The molecular weight excluding hydrogens is 265 g/mol. The van der Waals surface area contributed by atoms with Gasteiger partial charge in [-0.1, -0.05) is 58.1 Å². The van der Waals surface area contributed by atoms with Crippen LogP contribution in [0, 0.1) is 5.82 Å². The number of unbranched alkanes of at least 4 members (excludes halogenated alkanes) is 4. The second kappa shape index (κ2) is 10.6. The Hall–Kier alpha value is -1.09. The first kappa shape index (κ1) is 18.0. The quantitative estimate of drug-likeness (QED) is 0.597. The molecule has 1 atom stereocenters. The van der Waals surface area contributed by atoms with E-state index in [9.17, 15) is 4.39 Å². The topological polar surface area (TPSA) is 21.3 Å². The van der Waals surface area contributed by atoms with Crippen molar-refractivity contribution in [2.24, 2.45) is 0 Å². The van der Waals surface area contributed by atoms with E-state index >= 15 is 0 Å². The van der Waals surface area contributed by atoms with Crippen LogP contribution in [0.25, 0.3) is 0 Å². The Morgan fingerprint density at radius 1 is 1.14 bits per heavy atom. The first-order valence-electron chi connectivity index (χ1n) is 8.27. The van der Waals surface area contributed by atoms with E-state index in [1.54, 1.807) is 6.07 Å². The molecule has 0 aliphatic heterocycles. The fourth-order valence-electron chi connectivity index (χ4n) is 2.70.